The molecule has 0 unspecified atom stereocenters. The molecule has 0 aliphatic carbocycles. The molecule has 0 bridgehead atoms. The molecule has 0 spiro atoms. The molecule has 0 saturated heterocycles. The standard InChI is InChI=1S/C21H18N2O6/c1-13-9-18(23(26)27)19(28-2)11-17(13)22-20(24)12-29-21(25)16-8-7-14-5-3-4-6-15(14)10-16/h3-11H,12H2,1-2H3,(H,22,24). The number of hydrogen-bond donors (Lipinski definition) is 1. The lowest BCUT2D eigenvalue weighted by atomic mass is 10.1. The van der Waals surface area contributed by atoms with Gasteiger partial charge in [0.05, 0.1) is 17.6 Å². The van der Waals surface area contributed by atoms with E-state index in [1.165, 1.54) is 19.2 Å². The summed E-state index contributed by atoms with van der Waals surface area (Å²) in [7, 11) is 1.30. The minimum absolute atomic E-state index is 0.0176. The van der Waals surface area contributed by atoms with Crippen LogP contribution in [0, 0.1) is 17.0 Å². The molecule has 3 aromatic carbocycles. The molecule has 0 atom stereocenters. The van der Waals surface area contributed by atoms with Gasteiger partial charge in [-0.3, -0.25) is 14.9 Å². The highest BCUT2D eigenvalue weighted by molar-refractivity contribution is 5.98. The largest absolute Gasteiger partial charge is 0.490 e. The number of amides is 1. The van der Waals surface area contributed by atoms with Gasteiger partial charge in [-0.15, -0.1) is 0 Å². The van der Waals surface area contributed by atoms with Crippen molar-refractivity contribution in [1.82, 2.24) is 0 Å². The van der Waals surface area contributed by atoms with E-state index < -0.39 is 23.4 Å². The van der Waals surface area contributed by atoms with Crippen LogP contribution in [0.1, 0.15) is 15.9 Å². The summed E-state index contributed by atoms with van der Waals surface area (Å²) in [5.74, 6) is -1.17. The van der Waals surface area contributed by atoms with Crippen molar-refractivity contribution < 1.29 is 24.0 Å². The number of ether oxygens (including phenoxy) is 2. The van der Waals surface area contributed by atoms with E-state index in [0.29, 0.717) is 16.8 Å². The molecule has 148 valence electrons. The number of aryl methyl sites for hydroxylation is 1. The van der Waals surface area contributed by atoms with E-state index >= 15 is 0 Å². The average Bonchev–Trinajstić information content (AvgIpc) is 2.72. The van der Waals surface area contributed by atoms with Gasteiger partial charge in [-0.2, -0.15) is 0 Å². The average molecular weight is 394 g/mol. The number of nitro groups is 1. The van der Waals surface area contributed by atoms with Crippen molar-refractivity contribution in [3.8, 4) is 5.75 Å². The molecular formula is C21H18N2O6. The number of rotatable bonds is 6. The second-order valence-electron chi connectivity index (χ2n) is 6.28. The van der Waals surface area contributed by atoms with E-state index in [4.69, 9.17) is 9.47 Å². The lowest BCUT2D eigenvalue weighted by Crippen LogP contribution is -2.21. The normalized spacial score (nSPS) is 10.4. The highest BCUT2D eigenvalue weighted by Gasteiger charge is 2.19. The van der Waals surface area contributed by atoms with Gasteiger partial charge in [-0.25, -0.2) is 4.79 Å². The fourth-order valence-corrected chi connectivity index (χ4v) is 2.83. The van der Waals surface area contributed by atoms with Crippen LogP contribution in [0.4, 0.5) is 11.4 Å². The minimum Gasteiger partial charge on any atom is -0.490 e. The summed E-state index contributed by atoms with van der Waals surface area (Å²) >= 11 is 0. The molecule has 3 aromatic rings. The van der Waals surface area contributed by atoms with Gasteiger partial charge in [0.1, 0.15) is 0 Å². The van der Waals surface area contributed by atoms with Crippen molar-refractivity contribution in [1.29, 1.82) is 0 Å². The number of nitro benzene ring substituents is 1. The zero-order chi connectivity index (χ0) is 21.0. The van der Waals surface area contributed by atoms with Crippen molar-refractivity contribution in [2.75, 3.05) is 19.0 Å². The van der Waals surface area contributed by atoms with Crippen molar-refractivity contribution >= 4 is 34.0 Å². The Hall–Kier alpha value is -3.94. The number of methoxy groups -OCH3 is 1. The summed E-state index contributed by atoms with van der Waals surface area (Å²) in [6.45, 7) is 1.12. The van der Waals surface area contributed by atoms with E-state index in [9.17, 15) is 19.7 Å². The van der Waals surface area contributed by atoms with Crippen molar-refractivity contribution in [3.63, 3.8) is 0 Å². The molecule has 0 fully saturated rings. The van der Waals surface area contributed by atoms with Crippen LogP contribution >= 0.6 is 0 Å². The number of anilines is 1. The Morgan fingerprint density at radius 2 is 1.79 bits per heavy atom. The fraction of sp³-hybridized carbons (Fsp3) is 0.143. The Morgan fingerprint density at radius 3 is 2.48 bits per heavy atom. The second kappa shape index (κ2) is 8.39. The molecule has 0 saturated carbocycles. The molecule has 1 amide bonds. The fourth-order valence-electron chi connectivity index (χ4n) is 2.83. The number of esters is 1. The second-order valence-corrected chi connectivity index (χ2v) is 6.28. The van der Waals surface area contributed by atoms with Crippen LogP contribution in [0.3, 0.4) is 0 Å². The Kier molecular flexibility index (Phi) is 5.73. The van der Waals surface area contributed by atoms with Crippen LogP contribution < -0.4 is 10.1 Å². The molecule has 0 aromatic heterocycles. The molecule has 0 radical (unpaired) electrons. The molecule has 29 heavy (non-hydrogen) atoms. The number of hydrogen-bond acceptors (Lipinski definition) is 6. The number of carbonyl (C=O) groups excluding carboxylic acids is 2. The molecule has 8 nitrogen and oxygen atoms in total. The Bertz CT molecular complexity index is 1110. The van der Waals surface area contributed by atoms with Crippen molar-refractivity contribution in [3.05, 3.63) is 75.8 Å². The first-order chi connectivity index (χ1) is 13.9. The number of nitrogens with zero attached hydrogens (tertiary/aromatic N) is 1. The molecule has 0 aliphatic rings. The molecule has 8 heteroatoms. The molecule has 0 aliphatic heterocycles. The van der Waals surface area contributed by atoms with Gasteiger partial charge in [-0.1, -0.05) is 30.3 Å². The van der Waals surface area contributed by atoms with Crippen molar-refractivity contribution in [2.45, 2.75) is 6.92 Å². The smallest absolute Gasteiger partial charge is 0.338 e. The van der Waals surface area contributed by atoms with Gasteiger partial charge in [0, 0.05) is 17.8 Å². The molecule has 0 heterocycles. The molecule has 1 N–H and O–H groups in total. The highest BCUT2D eigenvalue weighted by Crippen LogP contribution is 2.32. The van der Waals surface area contributed by atoms with Crippen LogP contribution in [0.25, 0.3) is 10.8 Å². The van der Waals surface area contributed by atoms with E-state index in [2.05, 4.69) is 5.32 Å². The van der Waals surface area contributed by atoms with Crippen molar-refractivity contribution in [2.24, 2.45) is 0 Å². The highest BCUT2D eigenvalue weighted by atomic mass is 16.6. The van der Waals surface area contributed by atoms with E-state index in [-0.39, 0.29) is 11.4 Å². The van der Waals surface area contributed by atoms with Gasteiger partial charge in [-0.05, 0) is 35.4 Å². The Labute approximate surface area is 166 Å². The number of fused-ring (bicyclic) bond motifs is 1. The number of carbonyl (C=O) groups is 2. The molecular weight excluding hydrogens is 376 g/mol. The predicted molar refractivity (Wildman–Crippen MR) is 107 cm³/mol. The van der Waals surface area contributed by atoms with E-state index in [0.717, 1.165) is 10.8 Å². The van der Waals surface area contributed by atoms with Crippen LogP contribution in [0.15, 0.2) is 54.6 Å². The number of nitrogens with one attached hydrogen (secondary N) is 1. The third kappa shape index (κ3) is 4.49. The molecule has 3 rings (SSSR count). The summed E-state index contributed by atoms with van der Waals surface area (Å²) in [5.41, 5.74) is 0.946. The maximum atomic E-state index is 12.2. The maximum Gasteiger partial charge on any atom is 0.338 e. The lowest BCUT2D eigenvalue weighted by Gasteiger charge is -2.11. The summed E-state index contributed by atoms with van der Waals surface area (Å²) in [5, 5.41) is 15.5. The number of benzene rings is 3. The van der Waals surface area contributed by atoms with Crippen LogP contribution in [-0.4, -0.2) is 30.5 Å². The SMILES string of the molecule is COc1cc(NC(=O)COC(=O)c2ccc3ccccc3c2)c(C)cc1[N+](=O)[O-]. The van der Waals surface area contributed by atoms with Gasteiger partial charge < -0.3 is 14.8 Å². The summed E-state index contributed by atoms with van der Waals surface area (Å²) in [4.78, 5) is 34.9. The summed E-state index contributed by atoms with van der Waals surface area (Å²) < 4.78 is 10.1. The Balaban J connectivity index is 1.66. The first-order valence-corrected chi connectivity index (χ1v) is 8.68. The summed E-state index contributed by atoms with van der Waals surface area (Å²) in [6, 6.07) is 15.4. The monoisotopic (exact) mass is 394 g/mol. The van der Waals surface area contributed by atoms with Crippen LogP contribution in [0.2, 0.25) is 0 Å². The van der Waals surface area contributed by atoms with Gasteiger partial charge in [0.15, 0.2) is 12.4 Å². The van der Waals surface area contributed by atoms with E-state index in [1.807, 2.05) is 24.3 Å². The van der Waals surface area contributed by atoms with Crippen LogP contribution in [-0.2, 0) is 9.53 Å². The van der Waals surface area contributed by atoms with E-state index in [1.54, 1.807) is 25.1 Å². The first-order valence-electron chi connectivity index (χ1n) is 8.68. The lowest BCUT2D eigenvalue weighted by molar-refractivity contribution is -0.385. The zero-order valence-corrected chi connectivity index (χ0v) is 15.8. The minimum atomic E-state index is -0.621. The predicted octanol–water partition coefficient (Wildman–Crippen LogP) is 3.86. The van der Waals surface area contributed by atoms with Crippen LogP contribution in [0.5, 0.6) is 5.75 Å². The maximum absolute atomic E-state index is 12.2. The zero-order valence-electron chi connectivity index (χ0n) is 15.8. The quantitative estimate of drug-likeness (QED) is 0.386. The third-order valence-electron chi connectivity index (χ3n) is 4.32. The van der Waals surface area contributed by atoms with Gasteiger partial charge >= 0.3 is 11.7 Å². The topological polar surface area (TPSA) is 108 Å². The summed E-state index contributed by atoms with van der Waals surface area (Å²) in [6.07, 6.45) is 0. The third-order valence-corrected chi connectivity index (χ3v) is 4.32. The Morgan fingerprint density at radius 1 is 1.07 bits per heavy atom. The van der Waals surface area contributed by atoms with Gasteiger partial charge in [0.2, 0.25) is 0 Å². The van der Waals surface area contributed by atoms with Gasteiger partial charge in [0.25, 0.3) is 5.91 Å². The first kappa shape index (κ1) is 19.8.